The molecule has 228 valence electrons. The molecule has 0 bridgehead atoms. The van der Waals surface area contributed by atoms with Gasteiger partial charge in [-0.25, -0.2) is 22.9 Å². The average Bonchev–Trinajstić information content (AvgIpc) is 3.38. The Kier molecular flexibility index (Phi) is 7.34. The maximum atomic E-state index is 13.8. The topological polar surface area (TPSA) is 190 Å². The molecule has 1 unspecified atom stereocenters. The summed E-state index contributed by atoms with van der Waals surface area (Å²) in [4.78, 5) is 22.2. The normalized spacial score (nSPS) is 12.2. The van der Waals surface area contributed by atoms with Crippen LogP contribution in [0.4, 0.5) is 17.3 Å². The number of aromatic hydroxyl groups is 2. The van der Waals surface area contributed by atoms with Gasteiger partial charge in [0.15, 0.2) is 5.82 Å². The number of nitrogens with two attached hydrogens (primary N) is 1. The van der Waals surface area contributed by atoms with Crippen LogP contribution in [-0.4, -0.2) is 42.8 Å². The van der Waals surface area contributed by atoms with E-state index in [-0.39, 0.29) is 44.8 Å². The first-order valence-corrected chi connectivity index (χ1v) is 15.2. The zero-order chi connectivity index (χ0) is 31.9. The van der Waals surface area contributed by atoms with Gasteiger partial charge in [-0.2, -0.15) is 5.10 Å². The summed E-state index contributed by atoms with van der Waals surface area (Å²) in [6.45, 7) is 3.66. The first kappa shape index (κ1) is 29.2. The molecule has 13 nitrogen and oxygen atoms in total. The molecule has 0 radical (unpaired) electrons. The van der Waals surface area contributed by atoms with Crippen LogP contribution in [-0.2, 0) is 10.0 Å². The van der Waals surface area contributed by atoms with Gasteiger partial charge in [0, 0.05) is 12.3 Å². The van der Waals surface area contributed by atoms with Gasteiger partial charge in [-0.05, 0) is 79.6 Å². The summed E-state index contributed by atoms with van der Waals surface area (Å²) >= 11 is 0. The van der Waals surface area contributed by atoms with Gasteiger partial charge in [0.1, 0.15) is 35.0 Å². The standard InChI is InChI=1S/C31H28N8O5S/c1-18-12-13-38-27(18)31(42)39(22-6-4-3-5-7-22)30(36-38)19(2)35-29-26(28(32)33-17-34-29)20-14-21(16-24(41)15-20)37-45(43,44)25-10-8-23(40)9-11-25/h3-17,19,37,40-41H,1-2H3,(H3,32,33,34,35). The van der Waals surface area contributed by atoms with Crippen molar-refractivity contribution in [2.45, 2.75) is 24.8 Å². The summed E-state index contributed by atoms with van der Waals surface area (Å²) in [5, 5.41) is 28.2. The lowest BCUT2D eigenvalue weighted by molar-refractivity contribution is 0.474. The molecule has 0 saturated heterocycles. The van der Waals surface area contributed by atoms with E-state index >= 15 is 0 Å². The lowest BCUT2D eigenvalue weighted by Crippen LogP contribution is -2.29. The fourth-order valence-corrected chi connectivity index (χ4v) is 6.10. The van der Waals surface area contributed by atoms with Crippen molar-refractivity contribution in [3.05, 3.63) is 113 Å². The summed E-state index contributed by atoms with van der Waals surface area (Å²) in [5.74, 6) is 0.372. The summed E-state index contributed by atoms with van der Waals surface area (Å²) in [6.07, 6.45) is 2.99. The zero-order valence-corrected chi connectivity index (χ0v) is 24.9. The van der Waals surface area contributed by atoms with E-state index in [2.05, 4.69) is 20.0 Å². The number of hydrogen-bond donors (Lipinski definition) is 5. The highest BCUT2D eigenvalue weighted by Crippen LogP contribution is 2.37. The van der Waals surface area contributed by atoms with Crippen LogP contribution >= 0.6 is 0 Å². The van der Waals surface area contributed by atoms with E-state index in [1.54, 1.807) is 10.7 Å². The van der Waals surface area contributed by atoms with E-state index in [9.17, 15) is 23.4 Å². The van der Waals surface area contributed by atoms with Gasteiger partial charge in [0.25, 0.3) is 15.6 Å². The number of phenols is 2. The third-order valence-corrected chi connectivity index (χ3v) is 8.55. The number of nitrogen functional groups attached to an aromatic ring is 1. The molecule has 0 amide bonds. The Bertz CT molecular complexity index is 2220. The fraction of sp³-hybridized carbons (Fsp3) is 0.0968. The van der Waals surface area contributed by atoms with Crippen LogP contribution in [0.15, 0.2) is 101 Å². The SMILES string of the molecule is Cc1ccn2nc(C(C)Nc3ncnc(N)c3-c3cc(O)cc(NS(=O)(=O)c4ccc(O)cc4)c3)n(-c3ccccc3)c(=O)c12. The Morgan fingerprint density at radius 3 is 2.40 bits per heavy atom. The molecule has 6 aromatic rings. The third-order valence-electron chi connectivity index (χ3n) is 7.15. The van der Waals surface area contributed by atoms with Crippen molar-refractivity contribution in [1.29, 1.82) is 0 Å². The number of anilines is 3. The smallest absolute Gasteiger partial charge is 0.282 e. The molecule has 3 heterocycles. The molecule has 14 heteroatoms. The van der Waals surface area contributed by atoms with Crippen LogP contribution in [0.25, 0.3) is 22.3 Å². The number of hydrogen-bond acceptors (Lipinski definition) is 10. The van der Waals surface area contributed by atoms with Crippen LogP contribution < -0.4 is 21.3 Å². The van der Waals surface area contributed by atoms with E-state index in [0.717, 1.165) is 5.56 Å². The lowest BCUT2D eigenvalue weighted by Gasteiger charge is -2.21. The quantitative estimate of drug-likeness (QED) is 0.164. The highest BCUT2D eigenvalue weighted by Gasteiger charge is 2.23. The number of sulfonamides is 1. The summed E-state index contributed by atoms with van der Waals surface area (Å²) in [5.41, 5.74) is 8.58. The Morgan fingerprint density at radius 1 is 0.933 bits per heavy atom. The van der Waals surface area contributed by atoms with Crippen molar-refractivity contribution in [2.75, 3.05) is 15.8 Å². The van der Waals surface area contributed by atoms with E-state index in [1.165, 1.54) is 53.4 Å². The fourth-order valence-electron chi connectivity index (χ4n) is 5.06. The van der Waals surface area contributed by atoms with Gasteiger partial charge in [-0.15, -0.1) is 0 Å². The van der Waals surface area contributed by atoms with Crippen LogP contribution in [0.1, 0.15) is 24.4 Å². The minimum atomic E-state index is -4.07. The highest BCUT2D eigenvalue weighted by atomic mass is 32.2. The first-order chi connectivity index (χ1) is 21.5. The average molecular weight is 625 g/mol. The van der Waals surface area contributed by atoms with E-state index in [0.29, 0.717) is 22.6 Å². The summed E-state index contributed by atoms with van der Waals surface area (Å²) in [7, 11) is -4.07. The number of rotatable bonds is 8. The van der Waals surface area contributed by atoms with Gasteiger partial charge in [0.05, 0.1) is 27.9 Å². The van der Waals surface area contributed by atoms with Crippen LogP contribution in [0, 0.1) is 6.92 Å². The number of para-hydroxylation sites is 1. The second kappa shape index (κ2) is 11.3. The van der Waals surface area contributed by atoms with Crippen LogP contribution in [0.2, 0.25) is 0 Å². The monoisotopic (exact) mass is 624 g/mol. The van der Waals surface area contributed by atoms with Crippen LogP contribution in [0.3, 0.4) is 0 Å². The molecular formula is C31H28N8O5S. The predicted molar refractivity (Wildman–Crippen MR) is 170 cm³/mol. The molecule has 3 aromatic carbocycles. The molecule has 0 spiro atoms. The van der Waals surface area contributed by atoms with Gasteiger partial charge in [0.2, 0.25) is 0 Å². The summed E-state index contributed by atoms with van der Waals surface area (Å²) < 4.78 is 31.5. The molecule has 0 aliphatic carbocycles. The molecule has 3 aromatic heterocycles. The van der Waals surface area contributed by atoms with Crippen molar-refractivity contribution >= 4 is 32.9 Å². The minimum Gasteiger partial charge on any atom is -0.508 e. The molecule has 0 aliphatic heterocycles. The molecule has 1 atom stereocenters. The maximum Gasteiger partial charge on any atom is 0.282 e. The van der Waals surface area contributed by atoms with E-state index < -0.39 is 16.1 Å². The number of phenolic OH excluding ortho intramolecular Hbond substituents is 2. The van der Waals surface area contributed by atoms with Crippen LogP contribution in [0.5, 0.6) is 11.5 Å². The zero-order valence-electron chi connectivity index (χ0n) is 24.1. The van der Waals surface area contributed by atoms with Crippen molar-refractivity contribution in [3.8, 4) is 28.3 Å². The van der Waals surface area contributed by atoms with Crippen molar-refractivity contribution in [3.63, 3.8) is 0 Å². The number of nitrogens with zero attached hydrogens (tertiary/aromatic N) is 5. The number of benzene rings is 3. The van der Waals surface area contributed by atoms with Gasteiger partial charge >= 0.3 is 0 Å². The number of fused-ring (bicyclic) bond motifs is 1. The molecule has 6 N–H and O–H groups in total. The van der Waals surface area contributed by atoms with Crippen molar-refractivity contribution < 1.29 is 18.6 Å². The third kappa shape index (κ3) is 5.61. The van der Waals surface area contributed by atoms with Gasteiger partial charge < -0.3 is 21.3 Å². The van der Waals surface area contributed by atoms with Gasteiger partial charge in [-0.3, -0.25) is 14.1 Å². The Morgan fingerprint density at radius 2 is 1.67 bits per heavy atom. The Balaban J connectivity index is 1.41. The second-order valence-corrected chi connectivity index (χ2v) is 12.0. The molecule has 45 heavy (non-hydrogen) atoms. The second-order valence-electron chi connectivity index (χ2n) is 10.3. The molecule has 6 rings (SSSR count). The minimum absolute atomic E-state index is 0.0494. The number of nitrogens with one attached hydrogen (secondary N) is 2. The predicted octanol–water partition coefficient (Wildman–Crippen LogP) is 4.22. The van der Waals surface area contributed by atoms with Gasteiger partial charge in [-0.1, -0.05) is 18.2 Å². The summed E-state index contributed by atoms with van der Waals surface area (Å²) in [6, 6.07) is 19.5. The largest absolute Gasteiger partial charge is 0.508 e. The van der Waals surface area contributed by atoms with Crippen molar-refractivity contribution in [1.82, 2.24) is 24.1 Å². The van der Waals surface area contributed by atoms with Crippen molar-refractivity contribution in [2.24, 2.45) is 0 Å². The molecule has 0 saturated carbocycles. The van der Waals surface area contributed by atoms with E-state index in [1.807, 2.05) is 50.2 Å². The lowest BCUT2D eigenvalue weighted by atomic mass is 10.1. The highest BCUT2D eigenvalue weighted by molar-refractivity contribution is 7.92. The van der Waals surface area contributed by atoms with E-state index in [4.69, 9.17) is 10.8 Å². The Labute approximate surface area is 257 Å². The number of aryl methyl sites for hydroxylation is 1. The molecule has 0 fully saturated rings. The maximum absolute atomic E-state index is 13.8. The first-order valence-electron chi connectivity index (χ1n) is 13.7. The Hall–Kier alpha value is -5.89. The molecule has 0 aliphatic rings. The number of aromatic nitrogens is 5. The molecular weight excluding hydrogens is 596 g/mol.